The van der Waals surface area contributed by atoms with Gasteiger partial charge in [-0.25, -0.2) is 9.87 Å². The van der Waals surface area contributed by atoms with Crippen molar-refractivity contribution in [2.45, 2.75) is 32.3 Å². The van der Waals surface area contributed by atoms with Gasteiger partial charge in [-0.05, 0) is 38.1 Å². The van der Waals surface area contributed by atoms with Crippen molar-refractivity contribution in [1.29, 1.82) is 0 Å². The Kier molecular flexibility index (Phi) is 5.74. The fourth-order valence-corrected chi connectivity index (χ4v) is 3.49. The van der Waals surface area contributed by atoms with Crippen LogP contribution in [0.5, 0.6) is 0 Å². The third-order valence-electron chi connectivity index (χ3n) is 4.99. The highest BCUT2D eigenvalue weighted by Gasteiger charge is 2.33. The van der Waals surface area contributed by atoms with Crippen molar-refractivity contribution in [2.75, 3.05) is 13.2 Å². The summed E-state index contributed by atoms with van der Waals surface area (Å²) >= 11 is 0. The number of hydrogen-bond donors (Lipinski definition) is 1. The third-order valence-corrected chi connectivity index (χ3v) is 4.99. The molecule has 0 aliphatic carbocycles. The van der Waals surface area contributed by atoms with Crippen LogP contribution in [0.25, 0.3) is 10.9 Å². The first kappa shape index (κ1) is 21.0. The van der Waals surface area contributed by atoms with E-state index in [2.05, 4.69) is 16.4 Å². The van der Waals surface area contributed by atoms with Crippen molar-refractivity contribution in [3.8, 4) is 12.3 Å². The van der Waals surface area contributed by atoms with Gasteiger partial charge < -0.3 is 14.0 Å². The van der Waals surface area contributed by atoms with Gasteiger partial charge in [0, 0.05) is 22.7 Å². The van der Waals surface area contributed by atoms with Crippen molar-refractivity contribution in [1.82, 2.24) is 15.0 Å². The van der Waals surface area contributed by atoms with Crippen LogP contribution in [-0.4, -0.2) is 40.6 Å². The summed E-state index contributed by atoms with van der Waals surface area (Å²) in [5, 5.41) is 0.801. The molecule has 3 aromatic rings. The van der Waals surface area contributed by atoms with Gasteiger partial charge in [-0.2, -0.15) is 0 Å². The van der Waals surface area contributed by atoms with E-state index >= 15 is 0 Å². The Morgan fingerprint density at radius 2 is 2.26 bits per heavy atom. The number of carbonyl (C=O) groups is 1. The molecule has 7 nitrogen and oxygen atoms in total. The lowest BCUT2D eigenvalue weighted by Crippen LogP contribution is -2.31. The van der Waals surface area contributed by atoms with Crippen LogP contribution < -0.4 is 5.48 Å². The number of nitrogens with zero attached hydrogens (tertiary/aromatic N) is 2. The predicted octanol–water partition coefficient (Wildman–Crippen LogP) is 3.02. The number of ether oxygens (including phenoxy) is 2. The van der Waals surface area contributed by atoms with Gasteiger partial charge >= 0.3 is 0 Å². The lowest BCUT2D eigenvalue weighted by molar-refractivity contribution is -0.147. The molecule has 1 aliphatic heterocycles. The van der Waals surface area contributed by atoms with Gasteiger partial charge in [0.25, 0.3) is 5.91 Å². The van der Waals surface area contributed by atoms with Crippen LogP contribution in [0.15, 0.2) is 42.7 Å². The summed E-state index contributed by atoms with van der Waals surface area (Å²) in [4.78, 5) is 22.3. The summed E-state index contributed by atoms with van der Waals surface area (Å²) in [5.41, 5.74) is 4.30. The van der Waals surface area contributed by atoms with Crippen molar-refractivity contribution < 1.29 is 23.5 Å². The molecule has 1 fully saturated rings. The van der Waals surface area contributed by atoms with E-state index in [0.29, 0.717) is 28.9 Å². The summed E-state index contributed by atoms with van der Waals surface area (Å²) in [6.45, 7) is 4.27. The first-order valence-electron chi connectivity index (χ1n) is 9.78. The number of rotatable bonds is 6. The molecule has 1 aromatic carbocycles. The molecule has 1 unspecified atom stereocenters. The number of fused-ring (bicyclic) bond motifs is 1. The monoisotopic (exact) mass is 423 g/mol. The zero-order valence-electron chi connectivity index (χ0n) is 17.2. The Bertz CT molecular complexity index is 1170. The lowest BCUT2D eigenvalue weighted by Gasteiger charge is -2.17. The molecular weight excluding hydrogens is 401 g/mol. The number of nitrogens with one attached hydrogen (secondary N) is 1. The van der Waals surface area contributed by atoms with Gasteiger partial charge in [0.15, 0.2) is 5.79 Å². The van der Waals surface area contributed by atoms with Crippen LogP contribution in [0.1, 0.15) is 35.5 Å². The molecule has 0 bridgehead atoms. The Hall–Kier alpha value is -3.25. The maximum Gasteiger partial charge on any atom is 0.291 e. The summed E-state index contributed by atoms with van der Waals surface area (Å²) in [7, 11) is 0. The van der Waals surface area contributed by atoms with Crippen molar-refractivity contribution in [2.24, 2.45) is 0 Å². The molecule has 1 amide bonds. The van der Waals surface area contributed by atoms with Crippen LogP contribution in [0.2, 0.25) is 0 Å². The second kappa shape index (κ2) is 8.47. The largest absolute Gasteiger partial charge is 0.348 e. The van der Waals surface area contributed by atoms with E-state index in [0.717, 1.165) is 5.39 Å². The highest BCUT2D eigenvalue weighted by atomic mass is 19.1. The average Bonchev–Trinajstić information content (AvgIpc) is 3.29. The quantitative estimate of drug-likeness (QED) is 0.487. The molecule has 1 saturated heterocycles. The molecule has 4 rings (SSSR count). The molecule has 1 N–H and O–H groups in total. The number of hydrogen-bond acceptors (Lipinski definition) is 5. The van der Waals surface area contributed by atoms with Crippen LogP contribution in [0.4, 0.5) is 4.39 Å². The maximum absolute atomic E-state index is 14.5. The molecule has 2 aromatic heterocycles. The third kappa shape index (κ3) is 4.59. The normalized spacial score (nSPS) is 17.5. The van der Waals surface area contributed by atoms with E-state index in [1.54, 1.807) is 41.2 Å². The molecule has 1 atom stereocenters. The highest BCUT2D eigenvalue weighted by molar-refractivity contribution is 5.98. The van der Waals surface area contributed by atoms with Crippen LogP contribution in [0.3, 0.4) is 0 Å². The smallest absolute Gasteiger partial charge is 0.291 e. The summed E-state index contributed by atoms with van der Waals surface area (Å²) in [6, 6.07) is 8.07. The number of carbonyl (C=O) groups excluding carboxylic acids is 1. The number of benzene rings is 1. The second-order valence-electron chi connectivity index (χ2n) is 7.69. The molecule has 1 aliphatic rings. The summed E-state index contributed by atoms with van der Waals surface area (Å²) < 4.78 is 27.3. The van der Waals surface area contributed by atoms with E-state index in [4.69, 9.17) is 20.7 Å². The average molecular weight is 423 g/mol. The Labute approximate surface area is 179 Å². The number of amides is 1. The second-order valence-corrected chi connectivity index (χ2v) is 7.69. The highest BCUT2D eigenvalue weighted by Crippen LogP contribution is 2.23. The number of pyridine rings is 1. The fourth-order valence-electron chi connectivity index (χ4n) is 3.49. The number of halogens is 1. The minimum absolute atomic E-state index is 0.127. The van der Waals surface area contributed by atoms with Crippen LogP contribution >= 0.6 is 0 Å². The maximum atomic E-state index is 14.5. The number of terminal acetylenes is 1. The van der Waals surface area contributed by atoms with Gasteiger partial charge in [-0.15, -0.1) is 6.42 Å². The van der Waals surface area contributed by atoms with Gasteiger partial charge in [0.1, 0.15) is 24.2 Å². The molecule has 160 valence electrons. The lowest BCUT2D eigenvalue weighted by atomic mass is 10.1. The molecule has 0 radical (unpaired) electrons. The van der Waals surface area contributed by atoms with E-state index in [9.17, 15) is 9.18 Å². The molecule has 8 heteroatoms. The Morgan fingerprint density at radius 3 is 2.97 bits per heavy atom. The summed E-state index contributed by atoms with van der Waals surface area (Å²) in [6.07, 6.45) is 8.32. The minimum Gasteiger partial charge on any atom is -0.348 e. The standard InChI is InChI=1S/C23H22FN3O4/c1-4-15-5-6-17(19(24)9-15)12-27-20(10-16-7-8-25-11-21(16)27)22(28)26-30-14-18-13-29-23(2,3)31-18/h1,5-11,18H,12-14H2,2-3H3,(H,26,28). The van der Waals surface area contributed by atoms with Gasteiger partial charge in [-0.3, -0.25) is 14.6 Å². The first-order valence-corrected chi connectivity index (χ1v) is 9.78. The van der Waals surface area contributed by atoms with Gasteiger partial charge in [0.05, 0.1) is 24.9 Å². The predicted molar refractivity (Wildman–Crippen MR) is 111 cm³/mol. The summed E-state index contributed by atoms with van der Waals surface area (Å²) in [5.74, 6) is 0.835. The fraction of sp³-hybridized carbons (Fsp3) is 0.304. The molecule has 0 spiro atoms. The van der Waals surface area contributed by atoms with Crippen molar-refractivity contribution >= 4 is 16.8 Å². The molecule has 31 heavy (non-hydrogen) atoms. The van der Waals surface area contributed by atoms with Crippen molar-refractivity contribution in [3.05, 3.63) is 65.4 Å². The topological polar surface area (TPSA) is 74.6 Å². The number of hydroxylamine groups is 1. The zero-order valence-corrected chi connectivity index (χ0v) is 17.2. The van der Waals surface area contributed by atoms with E-state index in [1.165, 1.54) is 6.07 Å². The SMILES string of the molecule is C#Cc1ccc(Cn2c(C(=O)NOCC3COC(C)(C)O3)cc3ccncc32)c(F)c1. The Morgan fingerprint density at radius 1 is 1.42 bits per heavy atom. The van der Waals surface area contributed by atoms with Crippen molar-refractivity contribution in [3.63, 3.8) is 0 Å². The minimum atomic E-state index is -0.670. The van der Waals surface area contributed by atoms with Crippen LogP contribution in [-0.2, 0) is 20.9 Å². The number of aromatic nitrogens is 2. The van der Waals surface area contributed by atoms with Gasteiger partial charge in [0.2, 0.25) is 0 Å². The van der Waals surface area contributed by atoms with E-state index in [-0.39, 0.29) is 19.3 Å². The Balaban J connectivity index is 1.53. The molecule has 3 heterocycles. The molecular formula is C23H22FN3O4. The zero-order chi connectivity index (χ0) is 22.0. The van der Waals surface area contributed by atoms with Gasteiger partial charge in [-0.1, -0.05) is 12.0 Å². The van der Waals surface area contributed by atoms with E-state index < -0.39 is 17.5 Å². The first-order chi connectivity index (χ1) is 14.9. The van der Waals surface area contributed by atoms with E-state index in [1.807, 2.05) is 13.8 Å². The van der Waals surface area contributed by atoms with Crippen LogP contribution in [0, 0.1) is 18.2 Å². The molecule has 0 saturated carbocycles.